The largest absolute Gasteiger partial charge is 0.354 e. The Balaban J connectivity index is 2.09. The quantitative estimate of drug-likeness (QED) is 0.504. The normalized spacial score (nSPS) is 11.8. The molecule has 0 saturated heterocycles. The number of amides is 2. The summed E-state index contributed by atoms with van der Waals surface area (Å²) in [5.41, 5.74) is 2.93. The van der Waals surface area contributed by atoms with Crippen LogP contribution < -0.4 is 5.32 Å². The van der Waals surface area contributed by atoms with Gasteiger partial charge in [0.05, 0.1) is 5.75 Å². The molecular weight excluding hydrogens is 439 g/mol. The molecule has 0 aliphatic heterocycles. The van der Waals surface area contributed by atoms with Gasteiger partial charge in [0, 0.05) is 28.9 Å². The van der Waals surface area contributed by atoms with Gasteiger partial charge in [-0.1, -0.05) is 66.0 Å². The van der Waals surface area contributed by atoms with E-state index < -0.39 is 6.04 Å². The van der Waals surface area contributed by atoms with Crippen LogP contribution in [0.15, 0.2) is 42.5 Å². The van der Waals surface area contributed by atoms with Crippen molar-refractivity contribution >= 4 is 46.8 Å². The van der Waals surface area contributed by atoms with Crippen molar-refractivity contribution in [1.29, 1.82) is 0 Å². The fraction of sp³-hybridized carbons (Fsp3) is 0.391. The van der Waals surface area contributed by atoms with E-state index >= 15 is 0 Å². The number of nitrogens with zero attached hydrogens (tertiary/aromatic N) is 1. The third kappa shape index (κ3) is 7.22. The van der Waals surface area contributed by atoms with E-state index in [0.29, 0.717) is 28.9 Å². The highest BCUT2D eigenvalue weighted by Crippen LogP contribution is 2.28. The van der Waals surface area contributed by atoms with E-state index in [1.54, 1.807) is 30.0 Å². The summed E-state index contributed by atoms with van der Waals surface area (Å²) >= 11 is 13.9. The molecule has 0 heterocycles. The Morgan fingerprint density at radius 3 is 2.43 bits per heavy atom. The molecule has 0 aromatic heterocycles. The zero-order chi connectivity index (χ0) is 22.1. The van der Waals surface area contributed by atoms with Gasteiger partial charge in [-0.3, -0.25) is 9.59 Å². The van der Waals surface area contributed by atoms with Crippen molar-refractivity contribution < 1.29 is 9.59 Å². The molecule has 0 fully saturated rings. The third-order valence-corrected chi connectivity index (χ3v) is 6.34. The molecule has 0 aliphatic carbocycles. The highest BCUT2D eigenvalue weighted by Gasteiger charge is 2.26. The predicted molar refractivity (Wildman–Crippen MR) is 127 cm³/mol. The van der Waals surface area contributed by atoms with Crippen LogP contribution in [0.2, 0.25) is 10.0 Å². The molecule has 0 saturated carbocycles. The monoisotopic (exact) mass is 466 g/mol. The standard InChI is InChI=1S/C23H28Cl2N2O2S/c1-4-11-26-23(29)17(3)27(13-18-8-5-7-16(2)12-18)22(28)15-30-14-19-20(24)9-6-10-21(19)25/h5-10,12,17H,4,11,13-15H2,1-3H3,(H,26,29). The molecule has 1 N–H and O–H groups in total. The number of nitrogens with one attached hydrogen (secondary N) is 1. The summed E-state index contributed by atoms with van der Waals surface area (Å²) < 4.78 is 0. The van der Waals surface area contributed by atoms with E-state index in [9.17, 15) is 9.59 Å². The van der Waals surface area contributed by atoms with Crippen LogP contribution in [0.5, 0.6) is 0 Å². The molecular formula is C23H28Cl2N2O2S. The molecule has 2 aromatic carbocycles. The van der Waals surface area contributed by atoms with Gasteiger partial charge in [-0.15, -0.1) is 11.8 Å². The Labute approximate surface area is 193 Å². The van der Waals surface area contributed by atoms with Gasteiger partial charge in [-0.05, 0) is 43.5 Å². The number of benzene rings is 2. The topological polar surface area (TPSA) is 49.4 Å². The van der Waals surface area contributed by atoms with Crippen molar-refractivity contribution in [2.24, 2.45) is 0 Å². The van der Waals surface area contributed by atoms with Gasteiger partial charge >= 0.3 is 0 Å². The number of rotatable bonds is 10. The Morgan fingerprint density at radius 2 is 1.80 bits per heavy atom. The number of aryl methyl sites for hydroxylation is 1. The lowest BCUT2D eigenvalue weighted by atomic mass is 10.1. The molecule has 7 heteroatoms. The lowest BCUT2D eigenvalue weighted by Gasteiger charge is -2.29. The summed E-state index contributed by atoms with van der Waals surface area (Å²) in [6.07, 6.45) is 0.846. The van der Waals surface area contributed by atoms with Crippen LogP contribution in [-0.2, 0) is 21.9 Å². The Hall–Kier alpha value is -1.69. The average Bonchev–Trinajstić information content (AvgIpc) is 2.71. The lowest BCUT2D eigenvalue weighted by Crippen LogP contribution is -2.48. The molecule has 0 radical (unpaired) electrons. The second-order valence-electron chi connectivity index (χ2n) is 7.17. The zero-order valence-corrected chi connectivity index (χ0v) is 19.9. The number of halogens is 2. The van der Waals surface area contributed by atoms with Crippen molar-refractivity contribution in [2.75, 3.05) is 12.3 Å². The summed E-state index contributed by atoms with van der Waals surface area (Å²) in [6, 6.07) is 12.8. The van der Waals surface area contributed by atoms with Crippen molar-refractivity contribution in [3.05, 3.63) is 69.2 Å². The minimum Gasteiger partial charge on any atom is -0.354 e. The van der Waals surface area contributed by atoms with E-state index in [-0.39, 0.29) is 17.6 Å². The SMILES string of the molecule is CCCNC(=O)C(C)N(Cc1cccc(C)c1)C(=O)CSCc1c(Cl)cccc1Cl. The van der Waals surface area contributed by atoms with E-state index in [4.69, 9.17) is 23.2 Å². The predicted octanol–water partition coefficient (Wildman–Crippen LogP) is 5.48. The first-order chi connectivity index (χ1) is 14.3. The maximum atomic E-state index is 13.1. The number of thioether (sulfide) groups is 1. The van der Waals surface area contributed by atoms with Crippen molar-refractivity contribution in [3.8, 4) is 0 Å². The first-order valence-electron chi connectivity index (χ1n) is 9.96. The third-order valence-electron chi connectivity index (χ3n) is 4.69. The van der Waals surface area contributed by atoms with Gasteiger partial charge in [-0.2, -0.15) is 0 Å². The van der Waals surface area contributed by atoms with Crippen LogP contribution in [0.1, 0.15) is 37.0 Å². The summed E-state index contributed by atoms with van der Waals surface area (Å²) in [5, 5.41) is 4.07. The fourth-order valence-electron chi connectivity index (χ4n) is 2.98. The molecule has 0 spiro atoms. The van der Waals surface area contributed by atoms with E-state index in [1.165, 1.54) is 11.8 Å². The molecule has 2 aromatic rings. The van der Waals surface area contributed by atoms with E-state index in [1.807, 2.05) is 38.1 Å². The van der Waals surface area contributed by atoms with Crippen LogP contribution in [0, 0.1) is 6.92 Å². The molecule has 1 unspecified atom stereocenters. The number of hydrogen-bond acceptors (Lipinski definition) is 3. The second-order valence-corrected chi connectivity index (χ2v) is 8.97. The maximum absolute atomic E-state index is 13.1. The fourth-order valence-corrected chi connectivity index (χ4v) is 4.63. The zero-order valence-electron chi connectivity index (χ0n) is 17.6. The van der Waals surface area contributed by atoms with Gasteiger partial charge in [-0.25, -0.2) is 0 Å². The number of hydrogen-bond donors (Lipinski definition) is 1. The van der Waals surface area contributed by atoms with Crippen LogP contribution >= 0.6 is 35.0 Å². The summed E-state index contributed by atoms with van der Waals surface area (Å²) in [6.45, 7) is 6.76. The van der Waals surface area contributed by atoms with Crippen LogP contribution in [0.4, 0.5) is 0 Å². The Bertz CT molecular complexity index is 856. The van der Waals surface area contributed by atoms with Gasteiger partial charge < -0.3 is 10.2 Å². The molecule has 4 nitrogen and oxygen atoms in total. The number of carbonyl (C=O) groups excluding carboxylic acids is 2. The van der Waals surface area contributed by atoms with Crippen molar-refractivity contribution in [3.63, 3.8) is 0 Å². The Kier molecular flexibility index (Phi) is 10.0. The minimum absolute atomic E-state index is 0.0937. The smallest absolute Gasteiger partial charge is 0.242 e. The average molecular weight is 467 g/mol. The highest BCUT2D eigenvalue weighted by molar-refractivity contribution is 7.99. The minimum atomic E-state index is -0.561. The first-order valence-corrected chi connectivity index (χ1v) is 11.9. The molecule has 0 aliphatic rings. The van der Waals surface area contributed by atoms with Gasteiger partial charge in [0.25, 0.3) is 0 Å². The van der Waals surface area contributed by atoms with Crippen LogP contribution in [0.25, 0.3) is 0 Å². The Morgan fingerprint density at radius 1 is 1.13 bits per heavy atom. The summed E-state index contributed by atoms with van der Waals surface area (Å²) in [5.74, 6) is 0.526. The lowest BCUT2D eigenvalue weighted by molar-refractivity contribution is -0.138. The first kappa shape index (κ1) is 24.6. The molecule has 162 valence electrons. The second kappa shape index (κ2) is 12.2. The van der Waals surface area contributed by atoms with Gasteiger partial charge in [0.15, 0.2) is 0 Å². The summed E-state index contributed by atoms with van der Waals surface area (Å²) in [4.78, 5) is 27.3. The molecule has 1 atom stereocenters. The van der Waals surface area contributed by atoms with Crippen molar-refractivity contribution in [2.45, 2.75) is 45.5 Å². The van der Waals surface area contributed by atoms with E-state index in [0.717, 1.165) is 23.1 Å². The van der Waals surface area contributed by atoms with Crippen LogP contribution in [-0.4, -0.2) is 35.1 Å². The maximum Gasteiger partial charge on any atom is 0.242 e. The van der Waals surface area contributed by atoms with Crippen LogP contribution in [0.3, 0.4) is 0 Å². The number of carbonyl (C=O) groups is 2. The molecule has 2 amide bonds. The molecule has 0 bridgehead atoms. The van der Waals surface area contributed by atoms with Gasteiger partial charge in [0.2, 0.25) is 11.8 Å². The molecule has 30 heavy (non-hydrogen) atoms. The van der Waals surface area contributed by atoms with Crippen molar-refractivity contribution in [1.82, 2.24) is 10.2 Å². The molecule has 2 rings (SSSR count). The van der Waals surface area contributed by atoms with E-state index in [2.05, 4.69) is 5.32 Å². The summed E-state index contributed by atoms with van der Waals surface area (Å²) in [7, 11) is 0. The van der Waals surface area contributed by atoms with Gasteiger partial charge in [0.1, 0.15) is 6.04 Å². The highest BCUT2D eigenvalue weighted by atomic mass is 35.5.